The minimum absolute atomic E-state index is 0.304. The molecule has 1 atom stereocenters. The molecule has 0 aliphatic carbocycles. The van der Waals surface area contributed by atoms with Crippen molar-refractivity contribution in [2.45, 2.75) is 6.04 Å². The van der Waals surface area contributed by atoms with Gasteiger partial charge in [-0.05, 0) is 18.2 Å². The van der Waals surface area contributed by atoms with E-state index < -0.39 is 30.7 Å². The Kier molecular flexibility index (Phi) is 3.22. The van der Waals surface area contributed by atoms with Gasteiger partial charge in [0.05, 0.1) is 18.8 Å². The standard InChI is InChI=1S/C13H13N3O5/c17-7-10-11(18)16(12(19)14-10)9-3-1-2-8(6-9)15-4-5-21-13(15)20/h1-3,6,10,17H,4-5,7H2,(H,14,19)/t10-/m0/s1. The van der Waals surface area contributed by atoms with Crippen molar-refractivity contribution >= 4 is 29.4 Å². The van der Waals surface area contributed by atoms with Crippen LogP contribution in [0.3, 0.4) is 0 Å². The topological polar surface area (TPSA) is 99.2 Å². The number of rotatable bonds is 3. The van der Waals surface area contributed by atoms with Gasteiger partial charge in [-0.1, -0.05) is 6.07 Å². The van der Waals surface area contributed by atoms with Gasteiger partial charge in [-0.15, -0.1) is 0 Å². The lowest BCUT2D eigenvalue weighted by Gasteiger charge is -2.17. The number of hydrogen-bond acceptors (Lipinski definition) is 5. The predicted octanol–water partition coefficient (Wildman–Crippen LogP) is 0.0603. The third-order valence-corrected chi connectivity index (χ3v) is 3.36. The maximum atomic E-state index is 12.0. The van der Waals surface area contributed by atoms with E-state index in [1.165, 1.54) is 4.90 Å². The fourth-order valence-electron chi connectivity index (χ4n) is 2.33. The molecule has 8 heteroatoms. The Labute approximate surface area is 119 Å². The van der Waals surface area contributed by atoms with Crippen molar-refractivity contribution in [1.29, 1.82) is 0 Å². The first-order chi connectivity index (χ1) is 10.1. The quantitative estimate of drug-likeness (QED) is 0.767. The SMILES string of the molecule is O=C1OCCN1c1cccc(N2C(=O)N[C@@H](CO)C2=O)c1. The van der Waals surface area contributed by atoms with E-state index in [1.807, 2.05) is 0 Å². The molecule has 2 N–H and O–H groups in total. The molecule has 1 aromatic rings. The van der Waals surface area contributed by atoms with Crippen molar-refractivity contribution in [2.75, 3.05) is 29.6 Å². The van der Waals surface area contributed by atoms with E-state index in [2.05, 4.69) is 5.32 Å². The van der Waals surface area contributed by atoms with Crippen molar-refractivity contribution in [2.24, 2.45) is 0 Å². The molecule has 0 spiro atoms. The van der Waals surface area contributed by atoms with Crippen LogP contribution in [0, 0.1) is 0 Å². The van der Waals surface area contributed by atoms with E-state index in [0.717, 1.165) is 4.90 Å². The molecule has 0 bridgehead atoms. The average molecular weight is 291 g/mol. The highest BCUT2D eigenvalue weighted by atomic mass is 16.6. The summed E-state index contributed by atoms with van der Waals surface area (Å²) in [5.41, 5.74) is 0.883. The largest absolute Gasteiger partial charge is 0.447 e. The molecule has 110 valence electrons. The Balaban J connectivity index is 1.91. The molecule has 3 rings (SSSR count). The molecule has 2 aliphatic heterocycles. The number of imide groups is 1. The number of ether oxygens (including phenoxy) is 1. The van der Waals surface area contributed by atoms with E-state index in [9.17, 15) is 14.4 Å². The molecule has 0 unspecified atom stereocenters. The zero-order chi connectivity index (χ0) is 15.0. The van der Waals surface area contributed by atoms with E-state index in [1.54, 1.807) is 24.3 Å². The number of carbonyl (C=O) groups is 3. The molecule has 2 fully saturated rings. The molecule has 1 aromatic carbocycles. The third kappa shape index (κ3) is 2.19. The molecule has 2 aliphatic rings. The molecule has 8 nitrogen and oxygen atoms in total. The second-order valence-corrected chi connectivity index (χ2v) is 4.64. The number of carbonyl (C=O) groups excluding carboxylic acids is 3. The van der Waals surface area contributed by atoms with Gasteiger partial charge in [-0.25, -0.2) is 14.5 Å². The fourth-order valence-corrected chi connectivity index (χ4v) is 2.33. The molecular weight excluding hydrogens is 278 g/mol. The van der Waals surface area contributed by atoms with Crippen LogP contribution in [0.1, 0.15) is 0 Å². The van der Waals surface area contributed by atoms with Gasteiger partial charge in [0.2, 0.25) is 0 Å². The van der Waals surface area contributed by atoms with Crippen LogP contribution in [-0.2, 0) is 9.53 Å². The van der Waals surface area contributed by atoms with Crippen LogP contribution >= 0.6 is 0 Å². The Morgan fingerprint density at radius 1 is 1.29 bits per heavy atom. The van der Waals surface area contributed by atoms with Gasteiger partial charge in [0.25, 0.3) is 5.91 Å². The molecule has 2 heterocycles. The highest BCUT2D eigenvalue weighted by Gasteiger charge is 2.38. The van der Waals surface area contributed by atoms with E-state index in [-0.39, 0.29) is 0 Å². The van der Waals surface area contributed by atoms with Crippen molar-refractivity contribution in [3.05, 3.63) is 24.3 Å². The van der Waals surface area contributed by atoms with Gasteiger partial charge in [-0.3, -0.25) is 9.69 Å². The van der Waals surface area contributed by atoms with Crippen molar-refractivity contribution in [3.8, 4) is 0 Å². The second kappa shape index (κ2) is 5.06. The van der Waals surface area contributed by atoms with Crippen LogP contribution in [0.5, 0.6) is 0 Å². The zero-order valence-electron chi connectivity index (χ0n) is 11.0. The van der Waals surface area contributed by atoms with Gasteiger partial charge in [0, 0.05) is 5.69 Å². The number of anilines is 2. The van der Waals surface area contributed by atoms with Crippen LogP contribution < -0.4 is 15.1 Å². The lowest BCUT2D eigenvalue weighted by Crippen LogP contribution is -2.33. The summed E-state index contributed by atoms with van der Waals surface area (Å²) in [5, 5.41) is 11.4. The van der Waals surface area contributed by atoms with Gasteiger partial charge < -0.3 is 15.2 Å². The minimum atomic E-state index is -0.932. The van der Waals surface area contributed by atoms with Crippen LogP contribution in [-0.4, -0.2) is 48.9 Å². The van der Waals surface area contributed by atoms with E-state index in [0.29, 0.717) is 24.5 Å². The summed E-state index contributed by atoms with van der Waals surface area (Å²) < 4.78 is 4.86. The van der Waals surface area contributed by atoms with Gasteiger partial charge in [-0.2, -0.15) is 0 Å². The number of amides is 4. The highest BCUT2D eigenvalue weighted by molar-refractivity contribution is 6.21. The maximum Gasteiger partial charge on any atom is 0.414 e. The zero-order valence-corrected chi connectivity index (χ0v) is 11.0. The van der Waals surface area contributed by atoms with E-state index in [4.69, 9.17) is 9.84 Å². The van der Waals surface area contributed by atoms with Gasteiger partial charge in [0.1, 0.15) is 12.6 Å². The number of nitrogens with one attached hydrogen (secondary N) is 1. The van der Waals surface area contributed by atoms with Crippen LogP contribution in [0.25, 0.3) is 0 Å². The molecular formula is C13H13N3O5. The summed E-state index contributed by atoms with van der Waals surface area (Å²) in [6.45, 7) is 0.264. The van der Waals surface area contributed by atoms with Crippen LogP contribution in [0.15, 0.2) is 24.3 Å². The molecule has 0 aromatic heterocycles. The number of hydrogen-bond donors (Lipinski definition) is 2. The third-order valence-electron chi connectivity index (χ3n) is 3.36. The summed E-state index contributed by atoms with van der Waals surface area (Å²) in [7, 11) is 0. The molecule has 4 amide bonds. The average Bonchev–Trinajstić information content (AvgIpc) is 3.02. The summed E-state index contributed by atoms with van der Waals surface area (Å²) in [5.74, 6) is -0.524. The fraction of sp³-hybridized carbons (Fsp3) is 0.308. The molecule has 21 heavy (non-hydrogen) atoms. The van der Waals surface area contributed by atoms with Crippen LogP contribution in [0.2, 0.25) is 0 Å². The first-order valence-corrected chi connectivity index (χ1v) is 6.41. The van der Waals surface area contributed by atoms with Gasteiger partial charge >= 0.3 is 12.1 Å². The number of benzene rings is 1. The van der Waals surface area contributed by atoms with Crippen molar-refractivity contribution in [1.82, 2.24) is 5.32 Å². The summed E-state index contributed by atoms with van der Waals surface area (Å²) in [4.78, 5) is 37.8. The maximum absolute atomic E-state index is 12.0. The first-order valence-electron chi connectivity index (χ1n) is 6.41. The predicted molar refractivity (Wildman–Crippen MR) is 72.0 cm³/mol. The normalized spacial score (nSPS) is 21.8. The highest BCUT2D eigenvalue weighted by Crippen LogP contribution is 2.26. The number of nitrogens with zero attached hydrogens (tertiary/aromatic N) is 2. The van der Waals surface area contributed by atoms with Crippen molar-refractivity contribution < 1.29 is 24.2 Å². The summed E-state index contributed by atoms with van der Waals surface area (Å²) in [6, 6.07) is 4.95. The molecule has 0 saturated carbocycles. The number of cyclic esters (lactones) is 1. The smallest absolute Gasteiger partial charge is 0.414 e. The number of aliphatic hydroxyl groups is 1. The number of urea groups is 1. The molecule has 0 radical (unpaired) electrons. The van der Waals surface area contributed by atoms with Crippen molar-refractivity contribution in [3.63, 3.8) is 0 Å². The summed E-state index contributed by atoms with van der Waals surface area (Å²) in [6.07, 6.45) is -0.461. The second-order valence-electron chi connectivity index (χ2n) is 4.64. The van der Waals surface area contributed by atoms with Crippen LogP contribution in [0.4, 0.5) is 21.0 Å². The van der Waals surface area contributed by atoms with E-state index >= 15 is 0 Å². The lowest BCUT2D eigenvalue weighted by atomic mass is 10.2. The first kappa shape index (κ1) is 13.4. The summed E-state index contributed by atoms with van der Waals surface area (Å²) >= 11 is 0. The Morgan fingerprint density at radius 2 is 2.05 bits per heavy atom. The Bertz CT molecular complexity index is 618. The van der Waals surface area contributed by atoms with Gasteiger partial charge in [0.15, 0.2) is 0 Å². The Morgan fingerprint density at radius 3 is 2.67 bits per heavy atom. The lowest BCUT2D eigenvalue weighted by molar-refractivity contribution is -0.119. The monoisotopic (exact) mass is 291 g/mol. The number of aliphatic hydroxyl groups excluding tert-OH is 1. The minimum Gasteiger partial charge on any atom is -0.447 e. The molecule has 2 saturated heterocycles. The Hall–Kier alpha value is -2.61.